The van der Waals surface area contributed by atoms with E-state index in [1.807, 2.05) is 20.8 Å². The van der Waals surface area contributed by atoms with Crippen molar-refractivity contribution in [2.24, 2.45) is 5.10 Å². The van der Waals surface area contributed by atoms with E-state index in [9.17, 15) is 9.59 Å². The van der Waals surface area contributed by atoms with E-state index in [1.165, 1.54) is 6.21 Å². The van der Waals surface area contributed by atoms with E-state index in [0.29, 0.717) is 23.7 Å². The molecule has 2 N–H and O–H groups in total. The molecule has 1 aromatic rings. The third kappa shape index (κ3) is 5.98. The Labute approximate surface area is 136 Å². The fraction of sp³-hybridized carbons (Fsp3) is 0.438. The number of ether oxygens (including phenoxy) is 2. The first-order chi connectivity index (χ1) is 11.0. The second-order valence-electron chi connectivity index (χ2n) is 4.83. The maximum atomic E-state index is 11.6. The summed E-state index contributed by atoms with van der Waals surface area (Å²) in [5.74, 6) is -0.319. The first-order valence-corrected chi connectivity index (χ1v) is 7.46. The highest BCUT2D eigenvalue weighted by Crippen LogP contribution is 2.27. The van der Waals surface area contributed by atoms with Crippen LogP contribution in [0.15, 0.2) is 23.3 Å². The van der Waals surface area contributed by atoms with Gasteiger partial charge in [0.15, 0.2) is 11.5 Å². The van der Waals surface area contributed by atoms with Gasteiger partial charge in [-0.2, -0.15) is 5.10 Å². The summed E-state index contributed by atoms with van der Waals surface area (Å²) < 4.78 is 10.6. The van der Waals surface area contributed by atoms with Crippen LogP contribution in [0.5, 0.6) is 11.5 Å². The van der Waals surface area contributed by atoms with Crippen molar-refractivity contribution in [3.05, 3.63) is 23.8 Å². The summed E-state index contributed by atoms with van der Waals surface area (Å²) in [5.41, 5.74) is 2.89. The predicted octanol–water partition coefficient (Wildman–Crippen LogP) is 1.46. The highest BCUT2D eigenvalue weighted by atomic mass is 16.5. The Morgan fingerprint density at radius 3 is 2.61 bits per heavy atom. The first kappa shape index (κ1) is 18.5. The Morgan fingerprint density at radius 1 is 1.26 bits per heavy atom. The molecule has 0 unspecified atom stereocenters. The van der Waals surface area contributed by atoms with Crippen LogP contribution in [0.2, 0.25) is 0 Å². The molecule has 0 saturated heterocycles. The number of carbonyl (C=O) groups is 2. The molecular weight excluding hydrogens is 298 g/mol. The van der Waals surface area contributed by atoms with Crippen LogP contribution in [0.3, 0.4) is 0 Å². The van der Waals surface area contributed by atoms with Gasteiger partial charge in [-0.15, -0.1) is 0 Å². The molecule has 126 valence electrons. The highest BCUT2D eigenvalue weighted by molar-refractivity contribution is 6.35. The molecule has 0 aliphatic rings. The molecule has 0 heterocycles. The number of rotatable bonds is 7. The minimum atomic E-state index is -0.806. The zero-order valence-corrected chi connectivity index (χ0v) is 13.9. The average molecular weight is 321 g/mol. The monoisotopic (exact) mass is 321 g/mol. The standard InChI is InChI=1S/C16H23N3O4/c1-5-11(3)18-15(20)16(21)19-17-10-12-7-8-13(23-6-2)14(9-12)22-4/h7-11H,5-6H2,1-4H3,(H,18,20)(H,19,21)/b17-10-/t11-/m1/s1. The summed E-state index contributed by atoms with van der Waals surface area (Å²) >= 11 is 0. The molecule has 1 rings (SSSR count). The highest BCUT2D eigenvalue weighted by Gasteiger charge is 2.14. The van der Waals surface area contributed by atoms with Crippen LogP contribution in [0, 0.1) is 0 Å². The van der Waals surface area contributed by atoms with Crippen LogP contribution in [0.1, 0.15) is 32.8 Å². The molecular formula is C16H23N3O4. The topological polar surface area (TPSA) is 89.0 Å². The Hall–Kier alpha value is -2.57. The number of hydrogen-bond acceptors (Lipinski definition) is 5. The van der Waals surface area contributed by atoms with Gasteiger partial charge in [-0.05, 0) is 44.0 Å². The number of nitrogens with zero attached hydrogens (tertiary/aromatic N) is 1. The van der Waals surface area contributed by atoms with E-state index < -0.39 is 11.8 Å². The van der Waals surface area contributed by atoms with Crippen molar-refractivity contribution in [2.75, 3.05) is 13.7 Å². The lowest BCUT2D eigenvalue weighted by Gasteiger charge is -2.10. The van der Waals surface area contributed by atoms with Crippen molar-refractivity contribution in [2.45, 2.75) is 33.2 Å². The smallest absolute Gasteiger partial charge is 0.329 e. The number of benzene rings is 1. The summed E-state index contributed by atoms with van der Waals surface area (Å²) in [7, 11) is 1.54. The van der Waals surface area contributed by atoms with Crippen LogP contribution in [0.4, 0.5) is 0 Å². The number of hydrazone groups is 1. The molecule has 7 nitrogen and oxygen atoms in total. The lowest BCUT2D eigenvalue weighted by atomic mass is 10.2. The number of carbonyl (C=O) groups excluding carboxylic acids is 2. The molecule has 0 spiro atoms. The first-order valence-electron chi connectivity index (χ1n) is 7.46. The Balaban J connectivity index is 2.64. The number of nitrogens with one attached hydrogen (secondary N) is 2. The summed E-state index contributed by atoms with van der Waals surface area (Å²) in [6, 6.07) is 5.18. The van der Waals surface area contributed by atoms with Crippen molar-refractivity contribution in [1.82, 2.24) is 10.7 Å². The fourth-order valence-electron chi connectivity index (χ4n) is 1.65. The Bertz CT molecular complexity index is 572. The third-order valence-corrected chi connectivity index (χ3v) is 3.06. The second kappa shape index (κ2) is 9.45. The van der Waals surface area contributed by atoms with Crippen LogP contribution >= 0.6 is 0 Å². The van der Waals surface area contributed by atoms with Gasteiger partial charge in [0, 0.05) is 6.04 Å². The molecule has 0 fully saturated rings. The maximum absolute atomic E-state index is 11.6. The van der Waals surface area contributed by atoms with E-state index in [-0.39, 0.29) is 6.04 Å². The van der Waals surface area contributed by atoms with Crippen LogP contribution in [-0.2, 0) is 9.59 Å². The van der Waals surface area contributed by atoms with Crippen LogP contribution in [-0.4, -0.2) is 37.8 Å². The van der Waals surface area contributed by atoms with E-state index in [4.69, 9.17) is 9.47 Å². The molecule has 0 bridgehead atoms. The lowest BCUT2D eigenvalue weighted by Crippen LogP contribution is -2.41. The molecule has 23 heavy (non-hydrogen) atoms. The molecule has 0 saturated carbocycles. The van der Waals surface area contributed by atoms with Crippen molar-refractivity contribution in [3.8, 4) is 11.5 Å². The SMILES string of the molecule is CCOc1ccc(/C=N\NC(=O)C(=O)N[C@H](C)CC)cc1OC. The summed E-state index contributed by atoms with van der Waals surface area (Å²) in [5, 5.41) is 6.32. The minimum absolute atomic E-state index is 0.0624. The fourth-order valence-corrected chi connectivity index (χ4v) is 1.65. The van der Waals surface area contributed by atoms with E-state index in [1.54, 1.807) is 25.3 Å². The number of amides is 2. The van der Waals surface area contributed by atoms with Gasteiger partial charge in [-0.1, -0.05) is 6.92 Å². The molecule has 0 aliphatic heterocycles. The third-order valence-electron chi connectivity index (χ3n) is 3.06. The van der Waals surface area contributed by atoms with Gasteiger partial charge in [-0.3, -0.25) is 9.59 Å². The molecule has 0 radical (unpaired) electrons. The van der Waals surface area contributed by atoms with E-state index in [0.717, 1.165) is 6.42 Å². The van der Waals surface area contributed by atoms with Gasteiger partial charge >= 0.3 is 11.8 Å². The molecule has 0 aliphatic carbocycles. The second-order valence-corrected chi connectivity index (χ2v) is 4.83. The normalized spacial score (nSPS) is 11.8. The van der Waals surface area contributed by atoms with Crippen molar-refractivity contribution >= 4 is 18.0 Å². The van der Waals surface area contributed by atoms with Gasteiger partial charge in [-0.25, -0.2) is 5.43 Å². The van der Waals surface area contributed by atoms with Gasteiger partial charge in [0.25, 0.3) is 0 Å². The molecule has 1 atom stereocenters. The summed E-state index contributed by atoms with van der Waals surface area (Å²) in [6.45, 7) is 6.15. The van der Waals surface area contributed by atoms with Gasteiger partial charge in [0.1, 0.15) is 0 Å². The Morgan fingerprint density at radius 2 is 2.00 bits per heavy atom. The summed E-state index contributed by atoms with van der Waals surface area (Å²) in [4.78, 5) is 23.1. The summed E-state index contributed by atoms with van der Waals surface area (Å²) in [6.07, 6.45) is 2.17. The molecule has 1 aromatic carbocycles. The van der Waals surface area contributed by atoms with Crippen LogP contribution < -0.4 is 20.2 Å². The van der Waals surface area contributed by atoms with Crippen LogP contribution in [0.25, 0.3) is 0 Å². The quantitative estimate of drug-likeness (QED) is 0.452. The number of hydrogen-bond donors (Lipinski definition) is 2. The minimum Gasteiger partial charge on any atom is -0.493 e. The van der Waals surface area contributed by atoms with Crippen molar-refractivity contribution in [3.63, 3.8) is 0 Å². The number of methoxy groups -OCH3 is 1. The lowest BCUT2D eigenvalue weighted by molar-refractivity contribution is -0.139. The zero-order chi connectivity index (χ0) is 17.2. The van der Waals surface area contributed by atoms with Gasteiger partial charge in [0.2, 0.25) is 0 Å². The average Bonchev–Trinajstić information content (AvgIpc) is 2.55. The van der Waals surface area contributed by atoms with E-state index >= 15 is 0 Å². The maximum Gasteiger partial charge on any atom is 0.329 e. The van der Waals surface area contributed by atoms with Crippen molar-refractivity contribution in [1.29, 1.82) is 0 Å². The van der Waals surface area contributed by atoms with Gasteiger partial charge < -0.3 is 14.8 Å². The molecule has 0 aromatic heterocycles. The van der Waals surface area contributed by atoms with E-state index in [2.05, 4.69) is 15.8 Å². The zero-order valence-electron chi connectivity index (χ0n) is 13.9. The predicted molar refractivity (Wildman–Crippen MR) is 87.8 cm³/mol. The molecule has 2 amide bonds. The Kier molecular flexibility index (Phi) is 7.59. The molecule has 7 heteroatoms. The van der Waals surface area contributed by atoms with Gasteiger partial charge in [0.05, 0.1) is 19.9 Å². The largest absolute Gasteiger partial charge is 0.493 e. The van der Waals surface area contributed by atoms with Crippen molar-refractivity contribution < 1.29 is 19.1 Å².